The number of carbonyl (C=O) groups is 2. The molecule has 0 bridgehead atoms. The van der Waals surface area contributed by atoms with Gasteiger partial charge in [-0.15, -0.1) is 0 Å². The van der Waals surface area contributed by atoms with Crippen molar-refractivity contribution in [3.63, 3.8) is 0 Å². The summed E-state index contributed by atoms with van der Waals surface area (Å²) in [6.45, 7) is 2.07. The molecule has 21 heavy (non-hydrogen) atoms. The molecule has 0 fully saturated rings. The molecule has 0 saturated heterocycles. The molecule has 3 N–H and O–H groups in total. The quantitative estimate of drug-likeness (QED) is 0.559. The molecule has 1 unspecified atom stereocenters. The Morgan fingerprint density at radius 2 is 2.10 bits per heavy atom. The van der Waals surface area contributed by atoms with Gasteiger partial charge in [0.1, 0.15) is 0 Å². The maximum Gasteiger partial charge on any atom is 0.251 e. The molecule has 1 aromatic carbocycles. The summed E-state index contributed by atoms with van der Waals surface area (Å²) in [5, 5.41) is 14.8. The van der Waals surface area contributed by atoms with Gasteiger partial charge in [0, 0.05) is 24.9 Å². The van der Waals surface area contributed by atoms with Crippen molar-refractivity contribution in [2.24, 2.45) is 5.16 Å². The summed E-state index contributed by atoms with van der Waals surface area (Å²) in [4.78, 5) is 27.9. The number of carbonyl (C=O) groups excluding carboxylic acids is 2. The van der Waals surface area contributed by atoms with E-state index in [1.165, 1.54) is 5.48 Å². The number of hydroxylamine groups is 1. The molecule has 0 saturated carbocycles. The summed E-state index contributed by atoms with van der Waals surface area (Å²) >= 11 is 0. The zero-order chi connectivity index (χ0) is 15.2. The van der Waals surface area contributed by atoms with E-state index in [-0.39, 0.29) is 25.0 Å². The van der Waals surface area contributed by atoms with Crippen LogP contribution in [0.4, 0.5) is 0 Å². The van der Waals surface area contributed by atoms with Crippen LogP contribution in [0.25, 0.3) is 0 Å². The van der Waals surface area contributed by atoms with Crippen molar-refractivity contribution in [3.05, 3.63) is 35.4 Å². The Morgan fingerprint density at radius 1 is 1.38 bits per heavy atom. The van der Waals surface area contributed by atoms with Crippen LogP contribution in [-0.4, -0.2) is 29.3 Å². The Hall–Kier alpha value is -2.41. The minimum absolute atomic E-state index is 0.0207. The van der Waals surface area contributed by atoms with Crippen molar-refractivity contribution in [2.75, 3.05) is 6.54 Å². The Bertz CT molecular complexity index is 554. The normalized spacial score (nSPS) is 16.9. The highest BCUT2D eigenvalue weighted by molar-refractivity contribution is 5.94. The molecule has 1 aliphatic heterocycles. The van der Waals surface area contributed by atoms with Gasteiger partial charge in [-0.05, 0) is 24.6 Å². The van der Waals surface area contributed by atoms with Crippen LogP contribution in [0.1, 0.15) is 41.8 Å². The van der Waals surface area contributed by atoms with Gasteiger partial charge in [-0.25, -0.2) is 5.48 Å². The lowest BCUT2D eigenvalue weighted by molar-refractivity contribution is -0.129. The summed E-state index contributed by atoms with van der Waals surface area (Å²) in [5.74, 6) is -0.813. The summed E-state index contributed by atoms with van der Waals surface area (Å²) in [5.41, 5.74) is 3.92. The van der Waals surface area contributed by atoms with Crippen LogP contribution < -0.4 is 10.8 Å². The molecule has 0 aromatic heterocycles. The van der Waals surface area contributed by atoms with Crippen molar-refractivity contribution in [1.82, 2.24) is 10.8 Å². The van der Waals surface area contributed by atoms with E-state index in [0.29, 0.717) is 5.56 Å². The predicted octanol–water partition coefficient (Wildman–Crippen LogP) is 1.15. The summed E-state index contributed by atoms with van der Waals surface area (Å²) in [6.07, 6.45) is 0.685. The third-order valence-corrected chi connectivity index (χ3v) is 3.12. The first-order valence-electron chi connectivity index (χ1n) is 6.60. The highest BCUT2D eigenvalue weighted by Crippen LogP contribution is 2.27. The van der Waals surface area contributed by atoms with E-state index in [4.69, 9.17) is 10.0 Å². The minimum atomic E-state index is -0.542. The number of hydrogen-bond acceptors (Lipinski definition) is 5. The van der Waals surface area contributed by atoms with Crippen LogP contribution in [0, 0.1) is 0 Å². The topological polar surface area (TPSA) is 100 Å². The second kappa shape index (κ2) is 6.85. The van der Waals surface area contributed by atoms with Crippen LogP contribution in [-0.2, 0) is 9.63 Å². The Kier molecular flexibility index (Phi) is 4.89. The van der Waals surface area contributed by atoms with Gasteiger partial charge in [-0.1, -0.05) is 17.3 Å². The number of amides is 2. The lowest BCUT2D eigenvalue weighted by atomic mass is 10.0. The second-order valence-corrected chi connectivity index (χ2v) is 4.79. The molecule has 1 heterocycles. The molecule has 7 nitrogen and oxygen atoms in total. The lowest BCUT2D eigenvalue weighted by Crippen LogP contribution is -2.29. The Labute approximate surface area is 121 Å². The summed E-state index contributed by atoms with van der Waals surface area (Å²) in [6, 6.07) is 7.06. The second-order valence-electron chi connectivity index (χ2n) is 4.79. The lowest BCUT2D eigenvalue weighted by Gasteiger charge is -2.09. The van der Waals surface area contributed by atoms with Crippen molar-refractivity contribution in [3.8, 4) is 0 Å². The maximum atomic E-state index is 11.8. The van der Waals surface area contributed by atoms with Crippen LogP contribution >= 0.6 is 0 Å². The molecular formula is C14H17N3O4. The Morgan fingerprint density at radius 3 is 2.67 bits per heavy atom. The Balaban J connectivity index is 1.87. The third kappa shape index (κ3) is 4.03. The molecule has 1 aromatic rings. The van der Waals surface area contributed by atoms with E-state index < -0.39 is 5.91 Å². The molecule has 0 aliphatic carbocycles. The average Bonchev–Trinajstić information content (AvgIpc) is 2.93. The largest absolute Gasteiger partial charge is 0.387 e. The number of nitrogens with zero attached hydrogens (tertiary/aromatic N) is 1. The monoisotopic (exact) mass is 291 g/mol. The number of oxime groups is 1. The third-order valence-electron chi connectivity index (χ3n) is 3.12. The number of benzene rings is 1. The summed E-state index contributed by atoms with van der Waals surface area (Å²) < 4.78 is 0. The van der Waals surface area contributed by atoms with E-state index in [0.717, 1.165) is 17.7 Å². The molecule has 2 amide bonds. The van der Waals surface area contributed by atoms with Gasteiger partial charge in [0.05, 0.1) is 5.71 Å². The molecule has 1 aliphatic rings. The van der Waals surface area contributed by atoms with Crippen LogP contribution in [0.15, 0.2) is 29.4 Å². The van der Waals surface area contributed by atoms with E-state index in [1.807, 2.05) is 19.1 Å². The van der Waals surface area contributed by atoms with Crippen molar-refractivity contribution in [2.45, 2.75) is 25.9 Å². The first-order chi connectivity index (χ1) is 10.1. The van der Waals surface area contributed by atoms with Gasteiger partial charge in [0.25, 0.3) is 5.91 Å². The fourth-order valence-electron chi connectivity index (χ4n) is 1.97. The molecule has 7 heteroatoms. The highest BCUT2D eigenvalue weighted by atomic mass is 16.6. The van der Waals surface area contributed by atoms with Gasteiger partial charge >= 0.3 is 0 Å². The zero-order valence-electron chi connectivity index (χ0n) is 11.6. The van der Waals surface area contributed by atoms with E-state index in [2.05, 4.69) is 10.5 Å². The highest BCUT2D eigenvalue weighted by Gasteiger charge is 2.20. The van der Waals surface area contributed by atoms with Gasteiger partial charge in [0.2, 0.25) is 5.91 Å². The number of hydrogen-bond donors (Lipinski definition) is 3. The fraction of sp³-hybridized carbons (Fsp3) is 0.357. The standard InChI is InChI=1S/C14H17N3O4/c1-9-8-12(21-17-9)10-2-4-11(5-3-10)14(19)15-7-6-13(18)16-20/h2-5,12,20H,6-8H2,1H3,(H,15,19)(H,16,18). The number of rotatable bonds is 5. The van der Waals surface area contributed by atoms with E-state index >= 15 is 0 Å². The first-order valence-corrected chi connectivity index (χ1v) is 6.60. The predicted molar refractivity (Wildman–Crippen MR) is 74.9 cm³/mol. The molecule has 112 valence electrons. The van der Waals surface area contributed by atoms with Crippen molar-refractivity contribution >= 4 is 17.5 Å². The minimum Gasteiger partial charge on any atom is -0.387 e. The average molecular weight is 291 g/mol. The van der Waals surface area contributed by atoms with Gasteiger partial charge in [-0.3, -0.25) is 14.8 Å². The van der Waals surface area contributed by atoms with Crippen LogP contribution in [0.5, 0.6) is 0 Å². The maximum absolute atomic E-state index is 11.8. The van der Waals surface area contributed by atoms with E-state index in [1.54, 1.807) is 12.1 Å². The van der Waals surface area contributed by atoms with Crippen LogP contribution in [0.3, 0.4) is 0 Å². The SMILES string of the molecule is CC1=NOC(c2ccc(C(=O)NCCC(=O)NO)cc2)C1. The molecule has 2 rings (SSSR count). The first kappa shape index (κ1) is 15.0. The fourth-order valence-corrected chi connectivity index (χ4v) is 1.97. The number of nitrogens with one attached hydrogen (secondary N) is 2. The van der Waals surface area contributed by atoms with Gasteiger partial charge < -0.3 is 10.2 Å². The smallest absolute Gasteiger partial charge is 0.251 e. The molecular weight excluding hydrogens is 274 g/mol. The van der Waals surface area contributed by atoms with Gasteiger partial charge in [0.15, 0.2) is 6.10 Å². The van der Waals surface area contributed by atoms with Crippen LogP contribution in [0.2, 0.25) is 0 Å². The van der Waals surface area contributed by atoms with E-state index in [9.17, 15) is 9.59 Å². The molecule has 0 spiro atoms. The molecule has 0 radical (unpaired) electrons. The van der Waals surface area contributed by atoms with Crippen molar-refractivity contribution < 1.29 is 19.6 Å². The van der Waals surface area contributed by atoms with Crippen molar-refractivity contribution in [1.29, 1.82) is 0 Å². The summed E-state index contributed by atoms with van der Waals surface area (Å²) in [7, 11) is 0. The zero-order valence-corrected chi connectivity index (χ0v) is 11.6. The molecule has 1 atom stereocenters. The van der Waals surface area contributed by atoms with Gasteiger partial charge in [-0.2, -0.15) is 0 Å².